The lowest BCUT2D eigenvalue weighted by Gasteiger charge is -2.27. The molecule has 0 radical (unpaired) electrons. The Morgan fingerprint density at radius 2 is 1.70 bits per heavy atom. The Bertz CT molecular complexity index is 1110. The first-order valence-corrected chi connectivity index (χ1v) is 13.6. The van der Waals surface area contributed by atoms with Gasteiger partial charge in [0.15, 0.2) is 5.82 Å². The number of aromatic nitrogens is 1. The Balaban J connectivity index is 2.12. The van der Waals surface area contributed by atoms with Crippen molar-refractivity contribution < 1.29 is 42.2 Å². The van der Waals surface area contributed by atoms with E-state index in [1.165, 1.54) is 0 Å². The van der Waals surface area contributed by atoms with E-state index in [4.69, 9.17) is 45.7 Å². The Labute approximate surface area is 235 Å². The summed E-state index contributed by atoms with van der Waals surface area (Å²) < 4.78 is 34.8. The molecule has 2 rings (SSSR count). The highest BCUT2D eigenvalue weighted by Gasteiger charge is 2.43. The van der Waals surface area contributed by atoms with Crippen LogP contribution in [0.5, 0.6) is 0 Å². The third kappa shape index (κ3) is 8.49. The molecule has 1 amide bonds. The second-order valence-corrected chi connectivity index (χ2v) is 12.3. The van der Waals surface area contributed by atoms with Gasteiger partial charge in [-0.15, -0.1) is 6.42 Å². The van der Waals surface area contributed by atoms with Crippen molar-refractivity contribution in [2.24, 2.45) is 27.3 Å². The molecule has 1 aliphatic rings. The molecule has 1 fully saturated rings. The zero-order valence-electron chi connectivity index (χ0n) is 24.0. The van der Waals surface area contributed by atoms with Gasteiger partial charge in [0.25, 0.3) is 5.91 Å². The van der Waals surface area contributed by atoms with Crippen molar-refractivity contribution in [2.75, 3.05) is 20.2 Å². The molecular formula is C26H39N4O9P. The fourth-order valence-electron chi connectivity index (χ4n) is 3.55. The van der Waals surface area contributed by atoms with Crippen molar-refractivity contribution in [2.45, 2.75) is 73.1 Å². The fraction of sp³-hybridized carbons (Fsp3) is 0.615. The van der Waals surface area contributed by atoms with Crippen LogP contribution in [-0.2, 0) is 43.1 Å². The molecular weight excluding hydrogens is 543 g/mol. The predicted molar refractivity (Wildman–Crippen MR) is 147 cm³/mol. The van der Waals surface area contributed by atoms with E-state index in [0.717, 1.165) is 6.34 Å². The summed E-state index contributed by atoms with van der Waals surface area (Å²) in [6.45, 7) is 11.0. The quantitative estimate of drug-likeness (QED) is 0.0928. The van der Waals surface area contributed by atoms with Gasteiger partial charge in [-0.05, 0) is 66.4 Å². The minimum atomic E-state index is -2.11. The summed E-state index contributed by atoms with van der Waals surface area (Å²) in [5.41, 5.74) is 9.04. The number of ether oxygens (including phenoxy) is 3. The molecule has 1 aromatic rings. The summed E-state index contributed by atoms with van der Waals surface area (Å²) in [4.78, 5) is 40.3. The van der Waals surface area contributed by atoms with Gasteiger partial charge in [0.2, 0.25) is 19.3 Å². The molecule has 2 heterocycles. The Morgan fingerprint density at radius 3 is 2.15 bits per heavy atom. The van der Waals surface area contributed by atoms with Crippen LogP contribution in [0.15, 0.2) is 11.2 Å². The Kier molecular flexibility index (Phi) is 11.3. The van der Waals surface area contributed by atoms with Gasteiger partial charge in [0.05, 0.1) is 35.4 Å². The van der Waals surface area contributed by atoms with Gasteiger partial charge in [0, 0.05) is 12.6 Å². The number of terminal acetylenes is 1. The van der Waals surface area contributed by atoms with E-state index >= 15 is 0 Å². The van der Waals surface area contributed by atoms with Gasteiger partial charge in [-0.2, -0.15) is 0 Å². The fourth-order valence-corrected chi connectivity index (χ4v) is 4.34. The van der Waals surface area contributed by atoms with Crippen molar-refractivity contribution in [3.63, 3.8) is 0 Å². The number of hydrogen-bond donors (Lipinski definition) is 2. The van der Waals surface area contributed by atoms with E-state index in [2.05, 4.69) is 10.9 Å². The molecule has 13 nitrogen and oxygen atoms in total. The number of aryl methyl sites for hydroxylation is 1. The lowest BCUT2D eigenvalue weighted by atomic mass is 9.98. The van der Waals surface area contributed by atoms with Crippen LogP contribution in [0.25, 0.3) is 0 Å². The summed E-state index contributed by atoms with van der Waals surface area (Å²) in [6.07, 6.45) is 8.90. The van der Waals surface area contributed by atoms with Gasteiger partial charge >= 0.3 is 20.5 Å². The minimum absolute atomic E-state index is 0.0199. The average molecular weight is 583 g/mol. The number of amides is 1. The van der Waals surface area contributed by atoms with Crippen molar-refractivity contribution in [3.8, 4) is 12.3 Å². The van der Waals surface area contributed by atoms with E-state index in [9.17, 15) is 14.4 Å². The number of nitrogens with zero attached hydrogens (tertiary/aromatic N) is 2. The molecule has 0 bridgehead atoms. The van der Waals surface area contributed by atoms with Crippen LogP contribution >= 0.6 is 8.60 Å². The maximum Gasteiger partial charge on any atom is 0.338 e. The number of carbonyl (C=O) groups excluding carboxylic acids is 3. The van der Waals surface area contributed by atoms with Crippen molar-refractivity contribution in [3.05, 3.63) is 17.3 Å². The molecule has 1 saturated heterocycles. The summed E-state index contributed by atoms with van der Waals surface area (Å²) in [7, 11) is -2.11. The second-order valence-electron chi connectivity index (χ2n) is 11.1. The molecule has 2 unspecified atom stereocenters. The maximum absolute atomic E-state index is 12.1. The Hall–Kier alpha value is -3.01. The highest BCUT2D eigenvalue weighted by molar-refractivity contribution is 7.41. The molecule has 14 heteroatoms. The van der Waals surface area contributed by atoms with Crippen molar-refractivity contribution >= 4 is 38.6 Å². The van der Waals surface area contributed by atoms with Crippen molar-refractivity contribution in [1.29, 1.82) is 0 Å². The number of aliphatic imine (C=N–C) groups is 1. The van der Waals surface area contributed by atoms with E-state index in [-0.39, 0.29) is 18.0 Å². The summed E-state index contributed by atoms with van der Waals surface area (Å²) >= 11 is 0. The van der Waals surface area contributed by atoms with Crippen LogP contribution in [0.2, 0.25) is 0 Å². The molecule has 222 valence electrons. The van der Waals surface area contributed by atoms with E-state index in [0.29, 0.717) is 18.4 Å². The zero-order valence-corrected chi connectivity index (χ0v) is 24.9. The first kappa shape index (κ1) is 33.2. The highest BCUT2D eigenvalue weighted by Crippen LogP contribution is 2.44. The number of carbonyl (C=O) groups is 3. The number of primary amides is 1. The monoisotopic (exact) mass is 582 g/mol. The topological polar surface area (TPSA) is 176 Å². The first-order valence-electron chi connectivity index (χ1n) is 12.5. The van der Waals surface area contributed by atoms with Crippen LogP contribution in [0.4, 0.5) is 5.82 Å². The largest absolute Gasteiger partial charge is 0.438 e. The number of rotatable bonds is 12. The average Bonchev–Trinajstić information content (AvgIpc) is 3.42. The van der Waals surface area contributed by atoms with Crippen LogP contribution in [-0.4, -0.2) is 55.0 Å². The number of hydrogen-bond acceptors (Lipinski definition) is 10. The lowest BCUT2D eigenvalue weighted by Crippen LogP contribution is -2.32. The molecule has 0 aromatic carbocycles. The molecule has 0 saturated carbocycles. The smallest absolute Gasteiger partial charge is 0.338 e. The van der Waals surface area contributed by atoms with Crippen LogP contribution < -0.4 is 11.5 Å². The van der Waals surface area contributed by atoms with Gasteiger partial charge in [-0.25, -0.2) is 4.99 Å². The molecule has 2 atom stereocenters. The van der Waals surface area contributed by atoms with E-state index in [1.54, 1.807) is 59.2 Å². The summed E-state index contributed by atoms with van der Waals surface area (Å²) in [5, 5.41) is 0. The molecule has 1 aromatic heterocycles. The van der Waals surface area contributed by atoms with Crippen LogP contribution in [0.3, 0.4) is 0 Å². The van der Waals surface area contributed by atoms with Gasteiger partial charge in [-0.1, -0.05) is 0 Å². The lowest BCUT2D eigenvalue weighted by molar-refractivity contribution is -0.162. The molecule has 4 N–H and O–H groups in total. The highest BCUT2D eigenvalue weighted by atomic mass is 31.2. The van der Waals surface area contributed by atoms with Crippen LogP contribution in [0, 0.1) is 30.1 Å². The maximum atomic E-state index is 12.1. The second kappa shape index (κ2) is 13.6. The van der Waals surface area contributed by atoms with Gasteiger partial charge in [-0.3, -0.25) is 28.0 Å². The molecule has 40 heavy (non-hydrogen) atoms. The third-order valence-electron chi connectivity index (χ3n) is 5.68. The van der Waals surface area contributed by atoms with Crippen LogP contribution in [0.1, 0.15) is 70.3 Å². The SMILES string of the molecule is C#CC1(n2cc(C)c(C(N)=O)c2/N=C\N)CCC(COP(OCOC(=O)C(C)(C)C)OCOC(=O)C(C)(C)C)O1. The summed E-state index contributed by atoms with van der Waals surface area (Å²) in [5.74, 6) is 1.20. The molecule has 0 aliphatic carbocycles. The third-order valence-corrected chi connectivity index (χ3v) is 6.67. The Morgan fingerprint density at radius 1 is 1.15 bits per heavy atom. The number of esters is 2. The summed E-state index contributed by atoms with van der Waals surface area (Å²) in [6, 6.07) is 0. The molecule has 0 spiro atoms. The van der Waals surface area contributed by atoms with Gasteiger partial charge in [0.1, 0.15) is 0 Å². The zero-order chi connectivity index (χ0) is 30.3. The van der Waals surface area contributed by atoms with Gasteiger partial charge < -0.3 is 30.2 Å². The minimum Gasteiger partial charge on any atom is -0.438 e. The number of nitrogens with two attached hydrogens (primary N) is 2. The van der Waals surface area contributed by atoms with E-state index < -0.39 is 62.7 Å². The van der Waals surface area contributed by atoms with Crippen molar-refractivity contribution in [1.82, 2.24) is 4.57 Å². The predicted octanol–water partition coefficient (Wildman–Crippen LogP) is 3.35. The first-order chi connectivity index (χ1) is 18.6. The molecule has 1 aliphatic heterocycles. The normalized spacial score (nSPS) is 19.6. The van der Waals surface area contributed by atoms with E-state index in [1.807, 2.05) is 0 Å². The standard InChI is InChI=1S/C26H39N4O9P/c1-9-26(30-12-17(2)19(20(28)31)21(30)29-14-27)11-10-18(39-26)13-36-40(37-15-34-22(32)24(3,4)5)38-16-35-23(33)25(6,7)8/h1,12,14,18H,10-11,13,15-16H2,2-8H3,(H2,27,29)(H2,28,31).